The molecule has 102 valence electrons. The number of anilines is 1. The summed E-state index contributed by atoms with van der Waals surface area (Å²) in [6.07, 6.45) is 1.03. The molecule has 0 radical (unpaired) electrons. The van der Waals surface area contributed by atoms with E-state index in [0.717, 1.165) is 29.1 Å². The minimum absolute atomic E-state index is 0.0223. The second-order valence-corrected chi connectivity index (χ2v) is 5.84. The Morgan fingerprint density at radius 3 is 2.58 bits per heavy atom. The van der Waals surface area contributed by atoms with E-state index in [-0.39, 0.29) is 5.41 Å². The van der Waals surface area contributed by atoms with Crippen LogP contribution in [0.25, 0.3) is 11.1 Å². The van der Waals surface area contributed by atoms with Crippen molar-refractivity contribution in [1.29, 1.82) is 0 Å². The smallest absolute Gasteiger partial charge is 0.129 e. The molecule has 3 heteroatoms. The van der Waals surface area contributed by atoms with E-state index in [1.807, 2.05) is 7.05 Å². The Balaban J connectivity index is 2.69. The number of nitrogens with zero attached hydrogens (tertiary/aromatic N) is 2. The molecule has 0 unspecified atom stereocenters. The van der Waals surface area contributed by atoms with Crippen LogP contribution >= 0.6 is 0 Å². The van der Waals surface area contributed by atoms with Crippen LogP contribution in [0.1, 0.15) is 38.4 Å². The van der Waals surface area contributed by atoms with Gasteiger partial charge in [-0.3, -0.25) is 4.68 Å². The zero-order valence-corrected chi connectivity index (χ0v) is 12.5. The van der Waals surface area contributed by atoms with Gasteiger partial charge in [0.1, 0.15) is 5.82 Å². The van der Waals surface area contributed by atoms with Gasteiger partial charge < -0.3 is 5.73 Å². The molecule has 0 saturated heterocycles. The third-order valence-electron chi connectivity index (χ3n) is 3.92. The fourth-order valence-electron chi connectivity index (χ4n) is 2.26. The van der Waals surface area contributed by atoms with Crippen LogP contribution in [0.4, 0.5) is 5.82 Å². The maximum Gasteiger partial charge on any atom is 0.129 e. The summed E-state index contributed by atoms with van der Waals surface area (Å²) in [5.74, 6) is 0.738. The Kier molecular flexibility index (Phi) is 3.40. The number of hydrogen-bond acceptors (Lipinski definition) is 2. The molecule has 0 bridgehead atoms. The van der Waals surface area contributed by atoms with Gasteiger partial charge >= 0.3 is 0 Å². The van der Waals surface area contributed by atoms with Crippen molar-refractivity contribution < 1.29 is 0 Å². The van der Waals surface area contributed by atoms with Gasteiger partial charge in [-0.1, -0.05) is 50.6 Å². The predicted molar refractivity (Wildman–Crippen MR) is 81.1 cm³/mol. The normalized spacial score (nSPS) is 11.8. The minimum Gasteiger partial charge on any atom is -0.383 e. The van der Waals surface area contributed by atoms with E-state index in [1.165, 1.54) is 5.56 Å². The molecule has 0 spiro atoms. The minimum atomic E-state index is 0.0223. The zero-order valence-electron chi connectivity index (χ0n) is 12.5. The van der Waals surface area contributed by atoms with E-state index >= 15 is 0 Å². The summed E-state index contributed by atoms with van der Waals surface area (Å²) >= 11 is 0. The fraction of sp³-hybridized carbons (Fsp3) is 0.438. The highest BCUT2D eigenvalue weighted by Gasteiger charge is 2.28. The number of hydrogen-bond donors (Lipinski definition) is 1. The van der Waals surface area contributed by atoms with Gasteiger partial charge in [-0.25, -0.2) is 0 Å². The summed E-state index contributed by atoms with van der Waals surface area (Å²) in [6.45, 7) is 8.72. The van der Waals surface area contributed by atoms with E-state index in [9.17, 15) is 0 Å². The number of nitrogens with two attached hydrogens (primary N) is 1. The molecule has 0 saturated carbocycles. The van der Waals surface area contributed by atoms with Gasteiger partial charge in [0.25, 0.3) is 0 Å². The van der Waals surface area contributed by atoms with Crippen LogP contribution in [0.3, 0.4) is 0 Å². The molecule has 0 amide bonds. The van der Waals surface area contributed by atoms with Crippen molar-refractivity contribution in [3.63, 3.8) is 0 Å². The van der Waals surface area contributed by atoms with Crippen molar-refractivity contribution in [2.75, 3.05) is 5.73 Å². The number of rotatable bonds is 3. The maximum atomic E-state index is 6.24. The molecular weight excluding hydrogens is 234 g/mol. The molecular formula is C16H23N3. The van der Waals surface area contributed by atoms with Gasteiger partial charge in [0, 0.05) is 18.0 Å². The number of aryl methyl sites for hydroxylation is 2. The third kappa shape index (κ3) is 2.37. The fourth-order valence-corrected chi connectivity index (χ4v) is 2.26. The van der Waals surface area contributed by atoms with Crippen LogP contribution in [-0.4, -0.2) is 9.78 Å². The molecule has 1 aromatic carbocycles. The molecule has 0 aliphatic heterocycles. The molecule has 3 nitrogen and oxygen atoms in total. The van der Waals surface area contributed by atoms with Gasteiger partial charge in [-0.15, -0.1) is 0 Å². The van der Waals surface area contributed by atoms with Crippen molar-refractivity contribution >= 4 is 5.82 Å². The highest BCUT2D eigenvalue weighted by molar-refractivity contribution is 5.78. The van der Waals surface area contributed by atoms with E-state index in [2.05, 4.69) is 57.1 Å². The summed E-state index contributed by atoms with van der Waals surface area (Å²) in [5, 5.41) is 4.65. The Hall–Kier alpha value is -1.77. The second-order valence-electron chi connectivity index (χ2n) is 5.84. The van der Waals surface area contributed by atoms with Gasteiger partial charge in [-0.2, -0.15) is 5.10 Å². The molecule has 2 rings (SSSR count). The van der Waals surface area contributed by atoms with Crippen molar-refractivity contribution in [3.8, 4) is 11.1 Å². The molecule has 0 aliphatic rings. The van der Waals surface area contributed by atoms with E-state index in [4.69, 9.17) is 5.73 Å². The van der Waals surface area contributed by atoms with Crippen LogP contribution < -0.4 is 5.73 Å². The van der Waals surface area contributed by atoms with Crippen LogP contribution in [0.5, 0.6) is 0 Å². The first-order valence-corrected chi connectivity index (χ1v) is 6.77. The molecule has 0 aliphatic carbocycles. The lowest BCUT2D eigenvalue weighted by Crippen LogP contribution is -2.17. The Morgan fingerprint density at radius 2 is 2.00 bits per heavy atom. The predicted octanol–water partition coefficient (Wildman–Crippen LogP) is 3.67. The first kappa shape index (κ1) is 13.7. The molecule has 0 fully saturated rings. The molecule has 2 N–H and O–H groups in total. The number of nitrogen functional groups attached to an aromatic ring is 1. The Bertz CT molecular complexity index is 594. The van der Waals surface area contributed by atoms with Crippen LogP contribution in [0.2, 0.25) is 0 Å². The van der Waals surface area contributed by atoms with Crippen LogP contribution in [0, 0.1) is 6.92 Å². The van der Waals surface area contributed by atoms with E-state index in [1.54, 1.807) is 4.68 Å². The standard InChI is InChI=1S/C16H23N3/c1-6-16(3,4)14-13(15(17)19(5)18-14)12-9-7-8-11(2)10-12/h7-10H,6,17H2,1-5H3. The zero-order chi connectivity index (χ0) is 14.2. The molecule has 0 atom stereocenters. The average Bonchev–Trinajstić information content (AvgIpc) is 2.67. The summed E-state index contributed by atoms with van der Waals surface area (Å²) in [7, 11) is 1.91. The summed E-state index contributed by atoms with van der Waals surface area (Å²) in [5.41, 5.74) is 10.8. The topological polar surface area (TPSA) is 43.8 Å². The second kappa shape index (κ2) is 4.72. The average molecular weight is 257 g/mol. The lowest BCUT2D eigenvalue weighted by Gasteiger charge is -2.22. The van der Waals surface area contributed by atoms with Gasteiger partial charge in [-0.05, 0) is 18.9 Å². The highest BCUT2D eigenvalue weighted by atomic mass is 15.3. The lowest BCUT2D eigenvalue weighted by atomic mass is 9.82. The highest BCUT2D eigenvalue weighted by Crippen LogP contribution is 2.38. The Morgan fingerprint density at radius 1 is 1.32 bits per heavy atom. The summed E-state index contributed by atoms with van der Waals surface area (Å²) < 4.78 is 1.78. The monoisotopic (exact) mass is 257 g/mol. The van der Waals surface area contributed by atoms with Gasteiger partial charge in [0.15, 0.2) is 0 Å². The lowest BCUT2D eigenvalue weighted by molar-refractivity contribution is 0.483. The summed E-state index contributed by atoms with van der Waals surface area (Å²) in [4.78, 5) is 0. The third-order valence-corrected chi connectivity index (χ3v) is 3.92. The van der Waals surface area contributed by atoms with E-state index in [0.29, 0.717) is 0 Å². The Labute approximate surface area is 115 Å². The quantitative estimate of drug-likeness (QED) is 0.911. The summed E-state index contributed by atoms with van der Waals surface area (Å²) in [6, 6.07) is 8.44. The molecule has 1 aromatic heterocycles. The van der Waals surface area contributed by atoms with Crippen molar-refractivity contribution in [1.82, 2.24) is 9.78 Å². The van der Waals surface area contributed by atoms with E-state index < -0.39 is 0 Å². The van der Waals surface area contributed by atoms with Crippen LogP contribution in [-0.2, 0) is 12.5 Å². The maximum absolute atomic E-state index is 6.24. The number of benzene rings is 1. The molecule has 1 heterocycles. The molecule has 2 aromatic rings. The van der Waals surface area contributed by atoms with Crippen molar-refractivity contribution in [2.45, 2.75) is 39.5 Å². The van der Waals surface area contributed by atoms with Crippen molar-refractivity contribution in [2.24, 2.45) is 7.05 Å². The number of aromatic nitrogens is 2. The largest absolute Gasteiger partial charge is 0.383 e. The van der Waals surface area contributed by atoms with Gasteiger partial charge in [0.2, 0.25) is 0 Å². The first-order valence-electron chi connectivity index (χ1n) is 6.77. The first-order chi connectivity index (χ1) is 8.86. The SMILES string of the molecule is CCC(C)(C)c1nn(C)c(N)c1-c1cccc(C)c1. The van der Waals surface area contributed by atoms with Crippen LogP contribution in [0.15, 0.2) is 24.3 Å². The van der Waals surface area contributed by atoms with Gasteiger partial charge in [0.05, 0.1) is 5.69 Å². The molecule has 19 heavy (non-hydrogen) atoms. The van der Waals surface area contributed by atoms with Crippen molar-refractivity contribution in [3.05, 3.63) is 35.5 Å².